The molecule has 1 rings (SSSR count). The lowest BCUT2D eigenvalue weighted by molar-refractivity contribution is 0.278. The van der Waals surface area contributed by atoms with Gasteiger partial charge in [0.15, 0.2) is 0 Å². The van der Waals surface area contributed by atoms with Crippen molar-refractivity contribution < 1.29 is 5.11 Å². The SMILES string of the molecule is Cc1ccc(C)c(S(C)(C)C)c1CO. The molecule has 0 fully saturated rings. The van der Waals surface area contributed by atoms with Crippen molar-refractivity contribution in [1.29, 1.82) is 0 Å². The van der Waals surface area contributed by atoms with Crippen LogP contribution in [0.4, 0.5) is 0 Å². The summed E-state index contributed by atoms with van der Waals surface area (Å²) in [6, 6.07) is 4.25. The minimum absolute atomic E-state index is 0.160. The summed E-state index contributed by atoms with van der Waals surface area (Å²) in [5, 5.41) is 9.40. The smallest absolute Gasteiger partial charge is 0.0694 e. The highest BCUT2D eigenvalue weighted by Crippen LogP contribution is 2.49. The lowest BCUT2D eigenvalue weighted by atomic mass is 10.1. The summed E-state index contributed by atoms with van der Waals surface area (Å²) in [4.78, 5) is 1.38. The Bertz CT molecular complexity index is 337. The summed E-state index contributed by atoms with van der Waals surface area (Å²) in [6.07, 6.45) is 6.82. The predicted molar refractivity (Wildman–Crippen MR) is 65.5 cm³/mol. The van der Waals surface area contributed by atoms with E-state index in [1.165, 1.54) is 16.0 Å². The number of rotatable bonds is 2. The molecule has 1 aromatic carbocycles. The van der Waals surface area contributed by atoms with Gasteiger partial charge in [-0.3, -0.25) is 0 Å². The van der Waals surface area contributed by atoms with Crippen LogP contribution in [0.25, 0.3) is 0 Å². The van der Waals surface area contributed by atoms with Crippen molar-refractivity contribution in [2.24, 2.45) is 0 Å². The van der Waals surface area contributed by atoms with Crippen LogP contribution in [0.1, 0.15) is 16.7 Å². The van der Waals surface area contributed by atoms with E-state index in [4.69, 9.17) is 0 Å². The second-order valence-corrected chi connectivity index (χ2v) is 8.58. The molecule has 0 heterocycles. The second kappa shape index (κ2) is 3.95. The van der Waals surface area contributed by atoms with Crippen molar-refractivity contribution >= 4 is 10.0 Å². The van der Waals surface area contributed by atoms with Crippen molar-refractivity contribution in [2.75, 3.05) is 18.8 Å². The van der Waals surface area contributed by atoms with Gasteiger partial charge in [0.2, 0.25) is 0 Å². The summed E-state index contributed by atoms with van der Waals surface area (Å²) >= 11 is 0. The molecule has 1 N–H and O–H groups in total. The van der Waals surface area contributed by atoms with E-state index in [-0.39, 0.29) is 6.61 Å². The average molecular weight is 212 g/mol. The molecule has 0 saturated carbocycles. The molecule has 1 nitrogen and oxygen atoms in total. The summed E-state index contributed by atoms with van der Waals surface area (Å²) in [5.74, 6) is 0. The van der Waals surface area contributed by atoms with E-state index < -0.39 is 10.0 Å². The summed E-state index contributed by atoms with van der Waals surface area (Å²) < 4.78 is 0. The summed E-state index contributed by atoms with van der Waals surface area (Å²) in [7, 11) is -0.759. The standard InChI is InChI=1S/C12H20OS/c1-9-6-7-10(2)12(11(9)8-13)14(3,4)5/h6-7,13H,8H2,1-5H3. The van der Waals surface area contributed by atoms with E-state index in [9.17, 15) is 5.11 Å². The van der Waals surface area contributed by atoms with Crippen molar-refractivity contribution in [3.8, 4) is 0 Å². The van der Waals surface area contributed by atoms with Crippen LogP contribution in [-0.4, -0.2) is 23.9 Å². The highest BCUT2D eigenvalue weighted by molar-refractivity contribution is 8.32. The molecule has 0 bridgehead atoms. The molecule has 0 aliphatic heterocycles. The fraction of sp³-hybridized carbons (Fsp3) is 0.500. The number of aliphatic hydroxyl groups excluding tert-OH is 1. The Morgan fingerprint density at radius 3 is 1.93 bits per heavy atom. The summed E-state index contributed by atoms with van der Waals surface area (Å²) in [5.41, 5.74) is 3.64. The minimum atomic E-state index is -0.759. The van der Waals surface area contributed by atoms with Crippen molar-refractivity contribution in [3.05, 3.63) is 28.8 Å². The first kappa shape index (κ1) is 11.6. The number of benzene rings is 1. The van der Waals surface area contributed by atoms with Crippen LogP contribution in [-0.2, 0) is 6.61 Å². The predicted octanol–water partition coefficient (Wildman–Crippen LogP) is 2.85. The number of hydrogen-bond donors (Lipinski definition) is 1. The first-order valence-corrected chi connectivity index (χ1v) is 7.62. The molecule has 0 saturated heterocycles. The van der Waals surface area contributed by atoms with Gasteiger partial charge in [-0.05, 0) is 54.2 Å². The Labute approximate surface area is 88.5 Å². The topological polar surface area (TPSA) is 20.2 Å². The zero-order valence-electron chi connectivity index (χ0n) is 9.72. The Hall–Kier alpha value is -0.470. The van der Waals surface area contributed by atoms with Crippen molar-refractivity contribution in [1.82, 2.24) is 0 Å². The van der Waals surface area contributed by atoms with Crippen molar-refractivity contribution in [2.45, 2.75) is 25.3 Å². The molecule has 14 heavy (non-hydrogen) atoms. The van der Waals surface area contributed by atoms with Crippen LogP contribution in [0.5, 0.6) is 0 Å². The molecular formula is C12H20OS. The summed E-state index contributed by atoms with van der Waals surface area (Å²) in [6.45, 7) is 4.36. The Morgan fingerprint density at radius 1 is 1.07 bits per heavy atom. The van der Waals surface area contributed by atoms with Crippen molar-refractivity contribution in [3.63, 3.8) is 0 Å². The van der Waals surface area contributed by atoms with Crippen LogP contribution >= 0.6 is 10.0 Å². The molecule has 0 atom stereocenters. The zero-order chi connectivity index (χ0) is 10.9. The third-order valence-corrected chi connectivity index (χ3v) is 4.26. The molecule has 0 aromatic heterocycles. The Kier molecular flexibility index (Phi) is 3.28. The highest BCUT2D eigenvalue weighted by Gasteiger charge is 2.16. The van der Waals surface area contributed by atoms with Crippen LogP contribution in [0, 0.1) is 13.8 Å². The normalized spacial score (nSPS) is 13.0. The maximum absolute atomic E-state index is 9.40. The van der Waals surface area contributed by atoms with E-state index in [0.717, 1.165) is 5.56 Å². The second-order valence-electron chi connectivity index (χ2n) is 4.50. The quantitative estimate of drug-likeness (QED) is 0.799. The van der Waals surface area contributed by atoms with Crippen LogP contribution in [0.15, 0.2) is 17.0 Å². The minimum Gasteiger partial charge on any atom is -0.392 e. The largest absolute Gasteiger partial charge is 0.392 e. The monoisotopic (exact) mass is 212 g/mol. The van der Waals surface area contributed by atoms with Gasteiger partial charge in [-0.15, -0.1) is 0 Å². The van der Waals surface area contributed by atoms with Gasteiger partial charge in [-0.1, -0.05) is 12.1 Å². The molecule has 0 unspecified atom stereocenters. The fourth-order valence-electron chi connectivity index (χ4n) is 1.89. The maximum Gasteiger partial charge on any atom is 0.0694 e. The molecule has 80 valence electrons. The van der Waals surface area contributed by atoms with Gasteiger partial charge in [0, 0.05) is 0 Å². The van der Waals surface area contributed by atoms with Gasteiger partial charge in [-0.2, -0.15) is 0 Å². The lowest BCUT2D eigenvalue weighted by Crippen LogP contribution is -2.04. The molecule has 2 heteroatoms. The lowest BCUT2D eigenvalue weighted by Gasteiger charge is -2.31. The molecule has 0 aliphatic carbocycles. The Balaban J connectivity index is 3.46. The van der Waals surface area contributed by atoms with Crippen LogP contribution in [0.2, 0.25) is 0 Å². The molecule has 0 spiro atoms. The average Bonchev–Trinajstić information content (AvgIpc) is 2.06. The fourth-order valence-corrected chi connectivity index (χ4v) is 3.89. The van der Waals surface area contributed by atoms with Gasteiger partial charge >= 0.3 is 0 Å². The highest BCUT2D eigenvalue weighted by atomic mass is 32.3. The first-order chi connectivity index (χ1) is 6.38. The van der Waals surface area contributed by atoms with Gasteiger partial charge in [0.25, 0.3) is 0 Å². The Morgan fingerprint density at radius 2 is 1.57 bits per heavy atom. The number of hydrogen-bond acceptors (Lipinski definition) is 1. The molecule has 0 radical (unpaired) electrons. The molecule has 0 amide bonds. The van der Waals surface area contributed by atoms with E-state index >= 15 is 0 Å². The maximum atomic E-state index is 9.40. The number of aryl methyl sites for hydroxylation is 2. The van der Waals surface area contributed by atoms with E-state index in [0.29, 0.717) is 0 Å². The van der Waals surface area contributed by atoms with E-state index in [1.807, 2.05) is 0 Å². The molecule has 1 aromatic rings. The van der Waals surface area contributed by atoms with Gasteiger partial charge in [0.05, 0.1) is 6.61 Å². The van der Waals surface area contributed by atoms with Crippen LogP contribution in [0.3, 0.4) is 0 Å². The zero-order valence-corrected chi connectivity index (χ0v) is 10.5. The first-order valence-electron chi connectivity index (χ1n) is 4.76. The van der Waals surface area contributed by atoms with Gasteiger partial charge in [-0.25, -0.2) is 10.0 Å². The van der Waals surface area contributed by atoms with E-state index in [1.54, 1.807) is 0 Å². The third-order valence-electron chi connectivity index (χ3n) is 2.46. The molecule has 0 aliphatic rings. The van der Waals surface area contributed by atoms with E-state index in [2.05, 4.69) is 44.7 Å². The van der Waals surface area contributed by atoms with Gasteiger partial charge < -0.3 is 5.11 Å². The molecular weight excluding hydrogens is 192 g/mol. The number of aliphatic hydroxyl groups is 1. The van der Waals surface area contributed by atoms with Crippen LogP contribution < -0.4 is 0 Å². The third kappa shape index (κ3) is 2.12. The van der Waals surface area contributed by atoms with Gasteiger partial charge in [0.1, 0.15) is 0 Å².